The van der Waals surface area contributed by atoms with E-state index in [0.717, 1.165) is 24.3 Å². The van der Waals surface area contributed by atoms with Crippen molar-refractivity contribution in [1.82, 2.24) is 5.32 Å². The quantitative estimate of drug-likeness (QED) is 0.745. The van der Waals surface area contributed by atoms with Gasteiger partial charge >= 0.3 is 0 Å². The van der Waals surface area contributed by atoms with Gasteiger partial charge in [-0.25, -0.2) is 0 Å². The summed E-state index contributed by atoms with van der Waals surface area (Å²) in [5.41, 5.74) is 1.40. The Balaban J connectivity index is 1.81. The van der Waals surface area contributed by atoms with E-state index in [0.29, 0.717) is 0 Å². The van der Waals surface area contributed by atoms with Crippen LogP contribution < -0.4 is 5.32 Å². The van der Waals surface area contributed by atoms with Gasteiger partial charge in [-0.05, 0) is 49.4 Å². The van der Waals surface area contributed by atoms with Gasteiger partial charge in [0.15, 0.2) is 0 Å². The van der Waals surface area contributed by atoms with Crippen molar-refractivity contribution in [3.05, 3.63) is 29.8 Å². The van der Waals surface area contributed by atoms with Crippen molar-refractivity contribution < 1.29 is 0 Å². The Morgan fingerprint density at radius 3 is 2.68 bits per heavy atom. The highest BCUT2D eigenvalue weighted by atomic mass is 32.2. The number of hydrogen-bond donors (Lipinski definition) is 1. The average molecular weight is 277 g/mol. The van der Waals surface area contributed by atoms with Crippen LogP contribution in [0.3, 0.4) is 0 Å². The predicted molar refractivity (Wildman–Crippen MR) is 85.7 cm³/mol. The van der Waals surface area contributed by atoms with Crippen molar-refractivity contribution in [2.75, 3.05) is 6.54 Å². The lowest BCUT2D eigenvalue weighted by atomic mass is 9.91. The molecule has 0 amide bonds. The monoisotopic (exact) mass is 277 g/mol. The molecule has 2 unspecified atom stereocenters. The van der Waals surface area contributed by atoms with Crippen LogP contribution in [-0.2, 0) is 6.54 Å². The van der Waals surface area contributed by atoms with Gasteiger partial charge in [-0.1, -0.05) is 38.8 Å². The highest BCUT2D eigenvalue weighted by molar-refractivity contribution is 8.00. The Labute approximate surface area is 122 Å². The van der Waals surface area contributed by atoms with Crippen molar-refractivity contribution >= 4 is 11.8 Å². The maximum absolute atomic E-state index is 3.45. The molecule has 1 N–H and O–H groups in total. The Morgan fingerprint density at radius 2 is 2.00 bits per heavy atom. The highest BCUT2D eigenvalue weighted by Gasteiger charge is 2.19. The first-order valence-electron chi connectivity index (χ1n) is 7.74. The topological polar surface area (TPSA) is 12.0 Å². The molecule has 0 spiro atoms. The third-order valence-electron chi connectivity index (χ3n) is 3.87. The maximum Gasteiger partial charge on any atom is 0.0205 e. The molecule has 2 heteroatoms. The van der Waals surface area contributed by atoms with Gasteiger partial charge in [0.25, 0.3) is 0 Å². The highest BCUT2D eigenvalue weighted by Crippen LogP contribution is 2.35. The van der Waals surface area contributed by atoms with E-state index in [1.807, 2.05) is 0 Å². The summed E-state index contributed by atoms with van der Waals surface area (Å²) in [7, 11) is 0. The van der Waals surface area contributed by atoms with Gasteiger partial charge in [-0.15, -0.1) is 11.8 Å². The van der Waals surface area contributed by atoms with E-state index in [1.165, 1.54) is 42.6 Å². The fourth-order valence-corrected chi connectivity index (χ4v) is 4.16. The van der Waals surface area contributed by atoms with Crippen LogP contribution in [0.1, 0.15) is 51.5 Å². The van der Waals surface area contributed by atoms with Crippen LogP contribution in [0.25, 0.3) is 0 Å². The summed E-state index contributed by atoms with van der Waals surface area (Å²) in [6, 6.07) is 9.15. The van der Waals surface area contributed by atoms with Gasteiger partial charge in [0.05, 0.1) is 0 Å². The number of rotatable bonds is 6. The molecule has 0 saturated heterocycles. The zero-order chi connectivity index (χ0) is 13.5. The lowest BCUT2D eigenvalue weighted by molar-refractivity contribution is 0.394. The molecule has 1 aromatic rings. The summed E-state index contributed by atoms with van der Waals surface area (Å²) >= 11 is 2.08. The molecule has 0 aromatic heterocycles. The molecule has 2 atom stereocenters. The average Bonchev–Trinajstić information content (AvgIpc) is 2.41. The van der Waals surface area contributed by atoms with Gasteiger partial charge in [-0.3, -0.25) is 0 Å². The van der Waals surface area contributed by atoms with Gasteiger partial charge in [-0.2, -0.15) is 0 Å². The first-order chi connectivity index (χ1) is 9.28. The molecule has 19 heavy (non-hydrogen) atoms. The van der Waals surface area contributed by atoms with E-state index in [9.17, 15) is 0 Å². The smallest absolute Gasteiger partial charge is 0.0205 e. The summed E-state index contributed by atoms with van der Waals surface area (Å²) in [4.78, 5) is 1.44. The van der Waals surface area contributed by atoms with Crippen molar-refractivity contribution in [2.24, 2.45) is 5.92 Å². The Bertz CT molecular complexity index is 360. The molecule has 1 aromatic carbocycles. The van der Waals surface area contributed by atoms with E-state index < -0.39 is 0 Å². The molecular formula is C17H27NS. The van der Waals surface area contributed by atoms with Crippen LogP contribution >= 0.6 is 11.8 Å². The minimum Gasteiger partial charge on any atom is -0.313 e. The Hall–Kier alpha value is -0.470. The summed E-state index contributed by atoms with van der Waals surface area (Å²) in [5.74, 6) is 0.920. The molecule has 1 aliphatic rings. The summed E-state index contributed by atoms with van der Waals surface area (Å²) in [5, 5.41) is 4.29. The van der Waals surface area contributed by atoms with Crippen LogP contribution in [0.15, 0.2) is 29.2 Å². The molecule has 1 fully saturated rings. The summed E-state index contributed by atoms with van der Waals surface area (Å²) < 4.78 is 0. The van der Waals surface area contributed by atoms with Gasteiger partial charge in [0.1, 0.15) is 0 Å². The third-order valence-corrected chi connectivity index (χ3v) is 5.18. The molecule has 1 saturated carbocycles. The Kier molecular flexibility index (Phi) is 6.25. The summed E-state index contributed by atoms with van der Waals surface area (Å²) in [6.07, 6.45) is 6.84. The standard InChI is InChI=1S/C17H27NS/c1-3-11-18-13-15-7-9-16(10-8-15)19-17-6-4-5-14(2)12-17/h7-10,14,17-18H,3-6,11-13H2,1-2H3. The number of nitrogens with one attached hydrogen (secondary N) is 1. The predicted octanol–water partition coefficient (Wildman–Crippen LogP) is 4.86. The minimum atomic E-state index is 0.841. The molecular weight excluding hydrogens is 250 g/mol. The normalized spacial score (nSPS) is 23.5. The number of benzene rings is 1. The third kappa shape index (κ3) is 5.19. The number of hydrogen-bond acceptors (Lipinski definition) is 2. The lowest BCUT2D eigenvalue weighted by Crippen LogP contribution is -2.15. The molecule has 2 rings (SSSR count). The molecule has 1 nitrogen and oxygen atoms in total. The first kappa shape index (κ1) is 14.9. The van der Waals surface area contributed by atoms with Crippen LogP contribution in [0.2, 0.25) is 0 Å². The molecule has 0 radical (unpaired) electrons. The maximum atomic E-state index is 3.45. The molecule has 0 aliphatic heterocycles. The van der Waals surface area contributed by atoms with Crippen LogP contribution in [0.5, 0.6) is 0 Å². The second-order valence-corrected chi connectivity index (χ2v) is 7.21. The van der Waals surface area contributed by atoms with Crippen LogP contribution in [-0.4, -0.2) is 11.8 Å². The van der Waals surface area contributed by atoms with E-state index in [2.05, 4.69) is 55.2 Å². The van der Waals surface area contributed by atoms with E-state index >= 15 is 0 Å². The van der Waals surface area contributed by atoms with Crippen molar-refractivity contribution in [3.8, 4) is 0 Å². The van der Waals surface area contributed by atoms with E-state index in [-0.39, 0.29) is 0 Å². The van der Waals surface area contributed by atoms with Crippen molar-refractivity contribution in [3.63, 3.8) is 0 Å². The molecule has 1 aliphatic carbocycles. The fraction of sp³-hybridized carbons (Fsp3) is 0.647. The van der Waals surface area contributed by atoms with Crippen LogP contribution in [0, 0.1) is 5.92 Å². The molecule has 106 valence electrons. The van der Waals surface area contributed by atoms with Gasteiger partial charge in [0, 0.05) is 16.7 Å². The fourth-order valence-electron chi connectivity index (χ4n) is 2.77. The molecule has 0 bridgehead atoms. The Morgan fingerprint density at radius 1 is 1.21 bits per heavy atom. The largest absolute Gasteiger partial charge is 0.313 e. The zero-order valence-corrected chi connectivity index (χ0v) is 13.1. The first-order valence-corrected chi connectivity index (χ1v) is 8.62. The minimum absolute atomic E-state index is 0.841. The van der Waals surface area contributed by atoms with Gasteiger partial charge < -0.3 is 5.32 Å². The van der Waals surface area contributed by atoms with E-state index in [4.69, 9.17) is 0 Å². The SMILES string of the molecule is CCCNCc1ccc(SC2CCCC(C)C2)cc1. The van der Waals surface area contributed by atoms with Gasteiger partial charge in [0.2, 0.25) is 0 Å². The number of thioether (sulfide) groups is 1. The zero-order valence-electron chi connectivity index (χ0n) is 12.3. The summed E-state index contributed by atoms with van der Waals surface area (Å²) in [6.45, 7) is 6.71. The van der Waals surface area contributed by atoms with Crippen molar-refractivity contribution in [1.29, 1.82) is 0 Å². The second-order valence-electron chi connectivity index (χ2n) is 5.83. The lowest BCUT2D eigenvalue weighted by Gasteiger charge is -2.26. The molecule has 0 heterocycles. The second kappa shape index (κ2) is 7.96. The van der Waals surface area contributed by atoms with Crippen LogP contribution in [0.4, 0.5) is 0 Å². The van der Waals surface area contributed by atoms with Crippen molar-refractivity contribution in [2.45, 2.75) is 62.6 Å². The van der Waals surface area contributed by atoms with E-state index in [1.54, 1.807) is 0 Å².